The van der Waals surface area contributed by atoms with Gasteiger partial charge in [-0.3, -0.25) is 23.5 Å². The summed E-state index contributed by atoms with van der Waals surface area (Å²) in [4.78, 5) is 30.6. The Morgan fingerprint density at radius 2 is 1.88 bits per heavy atom. The van der Waals surface area contributed by atoms with Crippen LogP contribution in [0.2, 0.25) is 0 Å². The molecule has 0 atom stereocenters. The number of aryl methyl sites for hydroxylation is 1. The summed E-state index contributed by atoms with van der Waals surface area (Å²) in [7, 11) is 0. The van der Waals surface area contributed by atoms with Gasteiger partial charge in [0.1, 0.15) is 10.5 Å². The molecule has 0 aromatic carbocycles. The highest BCUT2D eigenvalue weighted by molar-refractivity contribution is 7.17. The van der Waals surface area contributed by atoms with Crippen molar-refractivity contribution in [1.29, 1.82) is 0 Å². The fourth-order valence-corrected chi connectivity index (χ4v) is 6.26. The van der Waals surface area contributed by atoms with Crippen LogP contribution in [0.15, 0.2) is 16.2 Å². The van der Waals surface area contributed by atoms with Crippen LogP contribution in [0.5, 0.6) is 0 Å². The van der Waals surface area contributed by atoms with E-state index in [0.29, 0.717) is 31.1 Å². The summed E-state index contributed by atoms with van der Waals surface area (Å²) in [6.45, 7) is 8.38. The topological polar surface area (TPSA) is 75.7 Å². The Hall–Kier alpha value is -2.26. The minimum absolute atomic E-state index is 0.00735. The summed E-state index contributed by atoms with van der Waals surface area (Å²) in [6, 6.07) is 2.67. The molecule has 3 aromatic heterocycles. The van der Waals surface area contributed by atoms with Crippen molar-refractivity contribution >= 4 is 33.2 Å². The van der Waals surface area contributed by atoms with Gasteiger partial charge in [0, 0.05) is 51.6 Å². The molecule has 2 fully saturated rings. The highest BCUT2D eigenvalue weighted by atomic mass is 32.1. The van der Waals surface area contributed by atoms with Crippen LogP contribution in [0.1, 0.15) is 58.2 Å². The highest BCUT2D eigenvalue weighted by Crippen LogP contribution is 2.24. The molecule has 5 rings (SSSR count). The minimum atomic E-state index is -0.00735. The highest BCUT2D eigenvalue weighted by Gasteiger charge is 2.27. The molecule has 0 N–H and O–H groups in total. The Kier molecular flexibility index (Phi) is 6.51. The predicted molar refractivity (Wildman–Crippen MR) is 131 cm³/mol. The van der Waals surface area contributed by atoms with Gasteiger partial charge >= 0.3 is 0 Å². The molecule has 0 radical (unpaired) electrons. The Morgan fingerprint density at radius 3 is 2.61 bits per heavy atom. The Morgan fingerprint density at radius 1 is 1.12 bits per heavy atom. The summed E-state index contributed by atoms with van der Waals surface area (Å²) < 4.78 is 4.42. The summed E-state index contributed by atoms with van der Waals surface area (Å²) in [5.41, 5.74) is 0.834. The first-order valence-electron chi connectivity index (χ1n) is 12.4. The molecular formula is C24H34N6O2S. The second kappa shape index (κ2) is 9.54. The van der Waals surface area contributed by atoms with Gasteiger partial charge in [0.25, 0.3) is 5.56 Å². The fraction of sp³-hybridized carbons (Fsp3) is 0.667. The normalized spacial score (nSPS) is 18.7. The number of piperazine rings is 1. The Bertz CT molecular complexity index is 1180. The third-order valence-electron chi connectivity index (χ3n) is 7.15. The van der Waals surface area contributed by atoms with Crippen molar-refractivity contribution in [3.63, 3.8) is 0 Å². The van der Waals surface area contributed by atoms with Crippen molar-refractivity contribution < 1.29 is 4.79 Å². The molecule has 9 heteroatoms. The third-order valence-corrected chi connectivity index (χ3v) is 8.04. The van der Waals surface area contributed by atoms with Crippen LogP contribution in [0.4, 0.5) is 0 Å². The van der Waals surface area contributed by atoms with Gasteiger partial charge in [0.15, 0.2) is 0 Å². The standard InChI is InChI=1S/C24H34N6O2S/c1-17(2)16-29-23(32)22-19(10-15-33-22)30-20(25-26-24(29)30)8-9-21(31)28-13-11-27(12-14-28)18-6-4-3-5-7-18/h10,15,17-18H,3-9,11-14,16H2,1-2H3. The van der Waals surface area contributed by atoms with Gasteiger partial charge in [-0.2, -0.15) is 0 Å². The number of hydrogen-bond acceptors (Lipinski definition) is 6. The summed E-state index contributed by atoms with van der Waals surface area (Å²) in [5.74, 6) is 1.83. The number of carbonyl (C=O) groups excluding carboxylic acids is 1. The number of nitrogens with zero attached hydrogens (tertiary/aromatic N) is 6. The smallest absolute Gasteiger partial charge is 0.272 e. The lowest BCUT2D eigenvalue weighted by Gasteiger charge is -2.40. The lowest BCUT2D eigenvalue weighted by atomic mass is 9.94. The van der Waals surface area contributed by atoms with E-state index in [1.165, 1.54) is 43.4 Å². The van der Waals surface area contributed by atoms with Gasteiger partial charge in [0.2, 0.25) is 11.7 Å². The lowest BCUT2D eigenvalue weighted by molar-refractivity contribution is -0.133. The van der Waals surface area contributed by atoms with Crippen molar-refractivity contribution in [1.82, 2.24) is 29.0 Å². The molecule has 4 heterocycles. The number of aromatic nitrogens is 4. The zero-order valence-corrected chi connectivity index (χ0v) is 20.5. The minimum Gasteiger partial charge on any atom is -0.340 e. The average Bonchev–Trinajstić information content (AvgIpc) is 3.48. The quantitative estimate of drug-likeness (QED) is 0.553. The largest absolute Gasteiger partial charge is 0.340 e. The van der Waals surface area contributed by atoms with Crippen LogP contribution >= 0.6 is 11.3 Å². The first-order valence-corrected chi connectivity index (χ1v) is 13.3. The molecule has 0 spiro atoms. The molecule has 8 nitrogen and oxygen atoms in total. The summed E-state index contributed by atoms with van der Waals surface area (Å²) in [6.07, 6.45) is 7.63. The van der Waals surface area contributed by atoms with E-state index in [0.717, 1.165) is 48.3 Å². The SMILES string of the molecule is CC(C)Cn1c(=O)c2sccc2n2c(CCC(=O)N3CCN(C4CCCCC4)CC3)nnc12. The van der Waals surface area contributed by atoms with Gasteiger partial charge in [-0.15, -0.1) is 21.5 Å². The molecule has 1 saturated heterocycles. The van der Waals surface area contributed by atoms with Crippen LogP contribution < -0.4 is 5.56 Å². The second-order valence-electron chi connectivity index (χ2n) is 9.90. The van der Waals surface area contributed by atoms with Crippen molar-refractivity contribution in [2.45, 2.75) is 71.4 Å². The summed E-state index contributed by atoms with van der Waals surface area (Å²) in [5, 5.41) is 10.7. The molecule has 3 aromatic rings. The van der Waals surface area contributed by atoms with Crippen molar-refractivity contribution in [2.75, 3.05) is 26.2 Å². The average molecular weight is 471 g/mol. The van der Waals surface area contributed by atoms with Crippen LogP contribution in [-0.4, -0.2) is 67.1 Å². The molecule has 2 aliphatic rings. The number of amides is 1. The molecule has 0 bridgehead atoms. The van der Waals surface area contributed by atoms with Crippen molar-refractivity contribution in [2.24, 2.45) is 5.92 Å². The number of carbonyl (C=O) groups is 1. The Labute approximate surface area is 198 Å². The first-order chi connectivity index (χ1) is 16.0. The zero-order chi connectivity index (χ0) is 22.9. The fourth-order valence-electron chi connectivity index (χ4n) is 5.43. The van der Waals surface area contributed by atoms with Gasteiger partial charge in [0.05, 0.1) is 5.52 Å². The van der Waals surface area contributed by atoms with E-state index in [4.69, 9.17) is 0 Å². The number of fused-ring (bicyclic) bond motifs is 3. The molecule has 1 amide bonds. The van der Waals surface area contributed by atoms with E-state index >= 15 is 0 Å². The van der Waals surface area contributed by atoms with Crippen LogP contribution in [0.3, 0.4) is 0 Å². The van der Waals surface area contributed by atoms with Crippen molar-refractivity contribution in [3.05, 3.63) is 27.6 Å². The molecule has 33 heavy (non-hydrogen) atoms. The van der Waals surface area contributed by atoms with E-state index in [-0.39, 0.29) is 11.5 Å². The van der Waals surface area contributed by atoms with E-state index in [2.05, 4.69) is 28.9 Å². The number of thiophene rings is 1. The van der Waals surface area contributed by atoms with Crippen LogP contribution in [-0.2, 0) is 17.8 Å². The second-order valence-corrected chi connectivity index (χ2v) is 10.8. The predicted octanol–water partition coefficient (Wildman–Crippen LogP) is 3.17. The van der Waals surface area contributed by atoms with Gasteiger partial charge in [-0.25, -0.2) is 0 Å². The van der Waals surface area contributed by atoms with E-state index in [9.17, 15) is 9.59 Å². The Balaban J connectivity index is 1.29. The molecule has 1 aliphatic carbocycles. The molecule has 1 saturated carbocycles. The number of rotatable bonds is 6. The van der Waals surface area contributed by atoms with Gasteiger partial charge in [-0.1, -0.05) is 33.1 Å². The maximum absolute atomic E-state index is 13.0. The third kappa shape index (κ3) is 4.45. The van der Waals surface area contributed by atoms with E-state index in [1.807, 2.05) is 20.7 Å². The molecule has 178 valence electrons. The molecule has 1 aliphatic heterocycles. The molecular weight excluding hydrogens is 436 g/mol. The maximum atomic E-state index is 13.0. The van der Waals surface area contributed by atoms with E-state index < -0.39 is 0 Å². The summed E-state index contributed by atoms with van der Waals surface area (Å²) >= 11 is 1.45. The van der Waals surface area contributed by atoms with Crippen molar-refractivity contribution in [3.8, 4) is 0 Å². The van der Waals surface area contributed by atoms with Gasteiger partial charge in [-0.05, 0) is 30.2 Å². The first kappa shape index (κ1) is 22.5. The van der Waals surface area contributed by atoms with E-state index in [1.54, 1.807) is 4.57 Å². The van der Waals surface area contributed by atoms with Gasteiger partial charge < -0.3 is 4.90 Å². The molecule has 0 unspecified atom stereocenters. The van der Waals surface area contributed by atoms with Crippen LogP contribution in [0.25, 0.3) is 16.0 Å². The lowest BCUT2D eigenvalue weighted by Crippen LogP contribution is -2.52. The monoisotopic (exact) mass is 470 g/mol. The van der Waals surface area contributed by atoms with Crippen LogP contribution in [0, 0.1) is 5.92 Å². The zero-order valence-electron chi connectivity index (χ0n) is 19.7. The number of hydrogen-bond donors (Lipinski definition) is 0. The maximum Gasteiger partial charge on any atom is 0.272 e.